The summed E-state index contributed by atoms with van der Waals surface area (Å²) in [5, 5.41) is 14.4. The first-order valence-electron chi connectivity index (χ1n) is 4.61. The molecule has 0 bridgehead atoms. The molecule has 3 nitrogen and oxygen atoms in total. The van der Waals surface area contributed by atoms with Gasteiger partial charge in [0, 0.05) is 24.4 Å². The van der Waals surface area contributed by atoms with E-state index in [4.69, 9.17) is 10.00 Å². The zero-order chi connectivity index (χ0) is 9.86. The second kappa shape index (κ2) is 4.09. The molecule has 2 heterocycles. The highest BCUT2D eigenvalue weighted by Crippen LogP contribution is 2.19. The van der Waals surface area contributed by atoms with E-state index in [1.807, 2.05) is 11.4 Å². The summed E-state index contributed by atoms with van der Waals surface area (Å²) in [4.78, 5) is 1.26. The average molecular weight is 208 g/mol. The third kappa shape index (κ3) is 1.95. The molecule has 1 saturated heterocycles. The number of hydrogen-bond acceptors (Lipinski definition) is 4. The third-order valence-electron chi connectivity index (χ3n) is 2.42. The van der Waals surface area contributed by atoms with Crippen LogP contribution in [0.4, 0.5) is 0 Å². The molecule has 14 heavy (non-hydrogen) atoms. The van der Waals surface area contributed by atoms with E-state index in [1.165, 1.54) is 4.88 Å². The van der Waals surface area contributed by atoms with E-state index in [0.717, 1.165) is 13.0 Å². The van der Waals surface area contributed by atoms with Crippen LogP contribution >= 0.6 is 11.3 Å². The Kier molecular flexibility index (Phi) is 2.82. The van der Waals surface area contributed by atoms with Gasteiger partial charge < -0.3 is 4.74 Å². The largest absolute Gasteiger partial charge is 0.378 e. The van der Waals surface area contributed by atoms with Gasteiger partial charge in [-0.1, -0.05) is 6.07 Å². The summed E-state index contributed by atoms with van der Waals surface area (Å²) >= 11 is 1.70. The van der Waals surface area contributed by atoms with Crippen LogP contribution in [-0.2, 0) is 11.3 Å². The van der Waals surface area contributed by atoms with Crippen LogP contribution in [0.3, 0.4) is 0 Å². The van der Waals surface area contributed by atoms with E-state index in [2.05, 4.69) is 17.5 Å². The van der Waals surface area contributed by atoms with Crippen molar-refractivity contribution in [3.05, 3.63) is 22.4 Å². The fourth-order valence-corrected chi connectivity index (χ4v) is 2.15. The van der Waals surface area contributed by atoms with E-state index in [0.29, 0.717) is 13.2 Å². The number of ether oxygens (including phenoxy) is 1. The van der Waals surface area contributed by atoms with Gasteiger partial charge in [0.1, 0.15) is 5.54 Å². The molecule has 1 aromatic heterocycles. The summed E-state index contributed by atoms with van der Waals surface area (Å²) in [6.45, 7) is 1.95. The topological polar surface area (TPSA) is 45.0 Å². The molecule has 0 aliphatic carbocycles. The van der Waals surface area contributed by atoms with Crippen molar-refractivity contribution in [1.29, 1.82) is 5.26 Å². The SMILES string of the molecule is N#CC1(NCc2cccs2)CCOC1. The minimum Gasteiger partial charge on any atom is -0.378 e. The van der Waals surface area contributed by atoms with Crippen LogP contribution < -0.4 is 5.32 Å². The molecular formula is C10H12N2OS. The lowest BCUT2D eigenvalue weighted by atomic mass is 10.0. The molecule has 1 N–H and O–H groups in total. The molecule has 1 atom stereocenters. The van der Waals surface area contributed by atoms with Crippen molar-refractivity contribution in [3.8, 4) is 6.07 Å². The van der Waals surface area contributed by atoms with Crippen LogP contribution in [0.15, 0.2) is 17.5 Å². The molecule has 0 spiro atoms. The van der Waals surface area contributed by atoms with Crippen molar-refractivity contribution in [3.63, 3.8) is 0 Å². The van der Waals surface area contributed by atoms with Gasteiger partial charge in [0.15, 0.2) is 0 Å². The van der Waals surface area contributed by atoms with Gasteiger partial charge in [-0.3, -0.25) is 5.32 Å². The molecular weight excluding hydrogens is 196 g/mol. The minimum atomic E-state index is -0.454. The van der Waals surface area contributed by atoms with Crippen molar-refractivity contribution in [2.24, 2.45) is 0 Å². The molecule has 1 aliphatic rings. The lowest BCUT2D eigenvalue weighted by Crippen LogP contribution is -2.43. The molecule has 2 rings (SSSR count). The zero-order valence-corrected chi connectivity index (χ0v) is 8.64. The molecule has 0 saturated carbocycles. The Bertz CT molecular complexity index is 322. The summed E-state index contributed by atoms with van der Waals surface area (Å²) < 4.78 is 5.24. The van der Waals surface area contributed by atoms with Gasteiger partial charge in [-0.15, -0.1) is 11.3 Å². The Morgan fingerprint density at radius 1 is 1.71 bits per heavy atom. The average Bonchev–Trinajstić information content (AvgIpc) is 2.87. The Balaban J connectivity index is 1.93. The normalized spacial score (nSPS) is 26.2. The maximum absolute atomic E-state index is 9.06. The number of thiophene rings is 1. The van der Waals surface area contributed by atoms with E-state index in [1.54, 1.807) is 11.3 Å². The first-order valence-corrected chi connectivity index (χ1v) is 5.49. The van der Waals surface area contributed by atoms with Gasteiger partial charge in [0.05, 0.1) is 12.7 Å². The third-order valence-corrected chi connectivity index (χ3v) is 3.29. The number of rotatable bonds is 3. The number of nitrogens with one attached hydrogen (secondary N) is 1. The highest BCUT2D eigenvalue weighted by atomic mass is 32.1. The van der Waals surface area contributed by atoms with Crippen LogP contribution in [-0.4, -0.2) is 18.8 Å². The second-order valence-corrected chi connectivity index (χ2v) is 4.46. The maximum Gasteiger partial charge on any atom is 0.132 e. The van der Waals surface area contributed by atoms with Crippen molar-refractivity contribution in [2.75, 3.05) is 13.2 Å². The van der Waals surface area contributed by atoms with Crippen molar-refractivity contribution < 1.29 is 4.74 Å². The van der Waals surface area contributed by atoms with E-state index in [-0.39, 0.29) is 0 Å². The van der Waals surface area contributed by atoms with Crippen molar-refractivity contribution in [1.82, 2.24) is 5.32 Å². The monoisotopic (exact) mass is 208 g/mol. The molecule has 4 heteroatoms. The Labute approximate surface area is 87.3 Å². The van der Waals surface area contributed by atoms with Crippen molar-refractivity contribution in [2.45, 2.75) is 18.5 Å². The zero-order valence-electron chi connectivity index (χ0n) is 7.82. The second-order valence-electron chi connectivity index (χ2n) is 3.43. The van der Waals surface area contributed by atoms with Crippen LogP contribution in [0.5, 0.6) is 0 Å². The van der Waals surface area contributed by atoms with Crippen LogP contribution in [0.25, 0.3) is 0 Å². The lowest BCUT2D eigenvalue weighted by molar-refractivity contribution is 0.179. The molecule has 0 radical (unpaired) electrons. The summed E-state index contributed by atoms with van der Waals surface area (Å²) in [5.41, 5.74) is -0.454. The van der Waals surface area contributed by atoms with Gasteiger partial charge in [-0.2, -0.15) is 5.26 Å². The number of nitrogens with zero attached hydrogens (tertiary/aromatic N) is 1. The first-order chi connectivity index (χ1) is 6.85. The Hall–Kier alpha value is -0.890. The Morgan fingerprint density at radius 3 is 3.21 bits per heavy atom. The molecule has 1 aliphatic heterocycles. The van der Waals surface area contributed by atoms with E-state index in [9.17, 15) is 0 Å². The smallest absolute Gasteiger partial charge is 0.132 e. The van der Waals surface area contributed by atoms with Crippen molar-refractivity contribution >= 4 is 11.3 Å². The lowest BCUT2D eigenvalue weighted by Gasteiger charge is -2.19. The molecule has 1 unspecified atom stereocenters. The predicted molar refractivity (Wildman–Crippen MR) is 54.9 cm³/mol. The maximum atomic E-state index is 9.06. The fourth-order valence-electron chi connectivity index (χ4n) is 1.50. The standard InChI is InChI=1S/C10H12N2OS/c11-7-10(3-4-13-8-10)12-6-9-2-1-5-14-9/h1-2,5,12H,3-4,6,8H2. The summed E-state index contributed by atoms with van der Waals surface area (Å²) in [5.74, 6) is 0. The van der Waals surface area contributed by atoms with Gasteiger partial charge in [0.2, 0.25) is 0 Å². The highest BCUT2D eigenvalue weighted by Gasteiger charge is 2.34. The highest BCUT2D eigenvalue weighted by molar-refractivity contribution is 7.09. The van der Waals surface area contributed by atoms with Crippen LogP contribution in [0, 0.1) is 11.3 Å². The van der Waals surface area contributed by atoms with Gasteiger partial charge in [0.25, 0.3) is 0 Å². The predicted octanol–water partition coefficient (Wildman–Crippen LogP) is 1.52. The first kappa shape index (κ1) is 9.66. The van der Waals surface area contributed by atoms with E-state index >= 15 is 0 Å². The number of nitriles is 1. The molecule has 0 amide bonds. The van der Waals surface area contributed by atoms with Crippen LogP contribution in [0.2, 0.25) is 0 Å². The molecule has 1 fully saturated rings. The van der Waals surface area contributed by atoms with Crippen LogP contribution in [0.1, 0.15) is 11.3 Å². The molecule has 1 aromatic rings. The van der Waals surface area contributed by atoms with E-state index < -0.39 is 5.54 Å². The number of hydrogen-bond donors (Lipinski definition) is 1. The van der Waals surface area contributed by atoms with Gasteiger partial charge >= 0.3 is 0 Å². The van der Waals surface area contributed by atoms with Gasteiger partial charge in [-0.05, 0) is 11.4 Å². The Morgan fingerprint density at radius 2 is 2.64 bits per heavy atom. The molecule has 0 aromatic carbocycles. The summed E-state index contributed by atoms with van der Waals surface area (Å²) in [7, 11) is 0. The quantitative estimate of drug-likeness (QED) is 0.819. The molecule has 74 valence electrons. The minimum absolute atomic E-state index is 0.454. The fraction of sp³-hybridized carbons (Fsp3) is 0.500. The summed E-state index contributed by atoms with van der Waals surface area (Å²) in [6, 6.07) is 6.40. The van der Waals surface area contributed by atoms with Gasteiger partial charge in [-0.25, -0.2) is 0 Å². The summed E-state index contributed by atoms with van der Waals surface area (Å²) in [6.07, 6.45) is 0.787.